The smallest absolute Gasteiger partial charge is 0.368 e. The van der Waals surface area contributed by atoms with Gasteiger partial charge in [-0.3, -0.25) is 0 Å². The number of carbonyl (C=O) groups is 1. The fourth-order valence-electron chi connectivity index (χ4n) is 2.55. The van der Waals surface area contributed by atoms with Gasteiger partial charge < -0.3 is 14.3 Å². The normalized spacial score (nSPS) is 15.0. The van der Waals surface area contributed by atoms with Gasteiger partial charge in [-0.2, -0.15) is 0 Å². The molecule has 1 aliphatic rings. The van der Waals surface area contributed by atoms with Crippen molar-refractivity contribution in [3.8, 4) is 11.5 Å². The Morgan fingerprint density at radius 1 is 1.04 bits per heavy atom. The lowest BCUT2D eigenvalue weighted by Gasteiger charge is -2.10. The molecule has 0 fully saturated rings. The van der Waals surface area contributed by atoms with Crippen LogP contribution < -0.4 is 9.47 Å². The van der Waals surface area contributed by atoms with E-state index in [1.807, 2.05) is 62.4 Å². The van der Waals surface area contributed by atoms with Crippen LogP contribution in [0.3, 0.4) is 0 Å². The summed E-state index contributed by atoms with van der Waals surface area (Å²) < 4.78 is 11.2. The lowest BCUT2D eigenvalue weighted by Crippen LogP contribution is -2.07. The Labute approximate surface area is 146 Å². The van der Waals surface area contributed by atoms with Gasteiger partial charge in [-0.15, -0.1) is 0 Å². The van der Waals surface area contributed by atoms with E-state index in [1.54, 1.807) is 6.08 Å². The Balaban J connectivity index is 2.04. The molecular weight excluding hydrogens is 318 g/mol. The predicted molar refractivity (Wildman–Crippen MR) is 95.8 cm³/mol. The van der Waals surface area contributed by atoms with Gasteiger partial charge in [-0.25, -0.2) is 4.79 Å². The molecule has 128 valence electrons. The highest BCUT2D eigenvalue weighted by atomic mass is 16.7. The van der Waals surface area contributed by atoms with Crippen LogP contribution in [0.25, 0.3) is 6.08 Å². The molecule has 0 amide bonds. The number of hydrogen-bond acceptors (Lipinski definition) is 5. The Bertz CT molecular complexity index is 825. The van der Waals surface area contributed by atoms with E-state index in [9.17, 15) is 4.79 Å². The van der Waals surface area contributed by atoms with Crippen LogP contribution in [0.4, 0.5) is 0 Å². The molecule has 25 heavy (non-hydrogen) atoms. The highest BCUT2D eigenvalue weighted by Gasteiger charge is 2.27. The first kappa shape index (κ1) is 16.8. The number of ether oxygens (including phenoxy) is 2. The first-order valence-corrected chi connectivity index (χ1v) is 8.19. The fourth-order valence-corrected chi connectivity index (χ4v) is 2.55. The summed E-state index contributed by atoms with van der Waals surface area (Å²) in [5.41, 5.74) is 2.46. The number of hydrogen-bond donors (Lipinski definition) is 0. The average Bonchev–Trinajstić information content (AvgIpc) is 2.99. The van der Waals surface area contributed by atoms with Crippen LogP contribution in [0, 0.1) is 0 Å². The van der Waals surface area contributed by atoms with Gasteiger partial charge in [0.25, 0.3) is 0 Å². The van der Waals surface area contributed by atoms with E-state index in [4.69, 9.17) is 14.3 Å². The molecule has 0 saturated heterocycles. The molecule has 5 nitrogen and oxygen atoms in total. The molecule has 0 aliphatic carbocycles. The summed E-state index contributed by atoms with van der Waals surface area (Å²) in [6, 6.07) is 15.0. The molecule has 0 radical (unpaired) electrons. The zero-order chi connectivity index (χ0) is 17.6. The minimum Gasteiger partial charge on any atom is -0.494 e. The minimum absolute atomic E-state index is 0.390. The monoisotopic (exact) mass is 337 g/mol. The molecule has 0 aromatic heterocycles. The van der Waals surface area contributed by atoms with E-state index in [2.05, 4.69) is 5.16 Å². The van der Waals surface area contributed by atoms with E-state index < -0.39 is 5.97 Å². The van der Waals surface area contributed by atoms with Gasteiger partial charge in [0.1, 0.15) is 17.2 Å². The molecule has 1 aliphatic heterocycles. The summed E-state index contributed by atoms with van der Waals surface area (Å²) in [4.78, 5) is 17.1. The number of nitrogens with zero attached hydrogens (tertiary/aromatic N) is 1. The van der Waals surface area contributed by atoms with Crippen LogP contribution in [-0.2, 0) is 9.63 Å². The second-order valence-electron chi connectivity index (χ2n) is 5.31. The summed E-state index contributed by atoms with van der Waals surface area (Å²) >= 11 is 0. The number of rotatable bonds is 6. The van der Waals surface area contributed by atoms with Gasteiger partial charge in [0.15, 0.2) is 0 Å². The topological polar surface area (TPSA) is 57.1 Å². The summed E-state index contributed by atoms with van der Waals surface area (Å²) in [5.74, 6) is 0.899. The van der Waals surface area contributed by atoms with E-state index in [0.717, 1.165) is 11.1 Å². The van der Waals surface area contributed by atoms with Crippen molar-refractivity contribution in [3.05, 3.63) is 65.2 Å². The standard InChI is InChI=1S/C20H19NO4/c1-3-23-16-10-11-18(24-4-2)15(12-16)13-17-19(21-25-20(17)22)14-8-6-5-7-9-14/h5-13H,3-4H2,1-2H3. The number of carbonyl (C=O) groups excluding carboxylic acids is 1. The molecule has 0 bridgehead atoms. The third kappa shape index (κ3) is 3.71. The quantitative estimate of drug-likeness (QED) is 0.594. The lowest BCUT2D eigenvalue weighted by atomic mass is 10.0. The zero-order valence-corrected chi connectivity index (χ0v) is 14.2. The van der Waals surface area contributed by atoms with E-state index in [1.165, 1.54) is 0 Å². The molecule has 0 N–H and O–H groups in total. The van der Waals surface area contributed by atoms with Crippen molar-refractivity contribution >= 4 is 17.8 Å². The van der Waals surface area contributed by atoms with E-state index in [0.29, 0.717) is 36.0 Å². The van der Waals surface area contributed by atoms with Crippen LogP contribution in [0.2, 0.25) is 0 Å². The van der Waals surface area contributed by atoms with Crippen LogP contribution in [0.1, 0.15) is 25.0 Å². The van der Waals surface area contributed by atoms with E-state index in [-0.39, 0.29) is 0 Å². The molecule has 0 unspecified atom stereocenters. The molecule has 0 spiro atoms. The second-order valence-corrected chi connectivity index (χ2v) is 5.31. The highest BCUT2D eigenvalue weighted by Crippen LogP contribution is 2.29. The van der Waals surface area contributed by atoms with Crippen molar-refractivity contribution in [1.82, 2.24) is 0 Å². The summed E-state index contributed by atoms with van der Waals surface area (Å²) in [6.07, 6.45) is 1.73. The SMILES string of the molecule is CCOc1ccc(OCC)c(C=C2C(=O)ON=C2c2ccccc2)c1. The van der Waals surface area contributed by atoms with Gasteiger partial charge in [0.05, 0.1) is 18.8 Å². The van der Waals surface area contributed by atoms with Crippen molar-refractivity contribution in [2.45, 2.75) is 13.8 Å². The van der Waals surface area contributed by atoms with Gasteiger partial charge in [0, 0.05) is 11.1 Å². The molecular formula is C20H19NO4. The predicted octanol–water partition coefficient (Wildman–Crippen LogP) is 3.83. The molecule has 5 heteroatoms. The van der Waals surface area contributed by atoms with Crippen molar-refractivity contribution in [3.63, 3.8) is 0 Å². The van der Waals surface area contributed by atoms with Gasteiger partial charge in [-0.05, 0) is 38.1 Å². The third-order valence-electron chi connectivity index (χ3n) is 3.63. The third-order valence-corrected chi connectivity index (χ3v) is 3.63. The number of benzene rings is 2. The van der Waals surface area contributed by atoms with Crippen LogP contribution in [0.5, 0.6) is 11.5 Å². The van der Waals surface area contributed by atoms with Crippen LogP contribution >= 0.6 is 0 Å². The first-order chi connectivity index (χ1) is 12.2. The van der Waals surface area contributed by atoms with Crippen molar-refractivity contribution < 1.29 is 19.1 Å². The molecule has 0 saturated carbocycles. The minimum atomic E-state index is -0.483. The Morgan fingerprint density at radius 3 is 2.52 bits per heavy atom. The average molecular weight is 337 g/mol. The molecule has 1 heterocycles. The maximum absolute atomic E-state index is 12.2. The van der Waals surface area contributed by atoms with Crippen molar-refractivity contribution in [2.75, 3.05) is 13.2 Å². The van der Waals surface area contributed by atoms with Crippen molar-refractivity contribution in [1.29, 1.82) is 0 Å². The van der Waals surface area contributed by atoms with E-state index >= 15 is 0 Å². The van der Waals surface area contributed by atoms with Gasteiger partial charge in [-0.1, -0.05) is 35.5 Å². The molecule has 2 aromatic rings. The molecule has 0 atom stereocenters. The van der Waals surface area contributed by atoms with Crippen LogP contribution in [0.15, 0.2) is 59.3 Å². The Morgan fingerprint density at radius 2 is 1.80 bits per heavy atom. The first-order valence-electron chi connectivity index (χ1n) is 8.19. The lowest BCUT2D eigenvalue weighted by molar-refractivity contribution is -0.136. The van der Waals surface area contributed by atoms with Gasteiger partial charge in [0.2, 0.25) is 0 Å². The largest absolute Gasteiger partial charge is 0.494 e. The highest BCUT2D eigenvalue weighted by molar-refractivity contribution is 6.31. The van der Waals surface area contributed by atoms with Crippen LogP contribution in [-0.4, -0.2) is 24.9 Å². The number of oxime groups is 1. The van der Waals surface area contributed by atoms with Crippen molar-refractivity contribution in [2.24, 2.45) is 5.16 Å². The molecule has 2 aromatic carbocycles. The zero-order valence-electron chi connectivity index (χ0n) is 14.2. The maximum Gasteiger partial charge on any atom is 0.368 e. The summed E-state index contributed by atoms with van der Waals surface area (Å²) in [6.45, 7) is 4.91. The molecule has 3 rings (SSSR count). The maximum atomic E-state index is 12.2. The van der Waals surface area contributed by atoms with Gasteiger partial charge >= 0.3 is 5.97 Å². The summed E-state index contributed by atoms with van der Waals surface area (Å²) in [7, 11) is 0. The second kappa shape index (κ2) is 7.66. The Hall–Kier alpha value is -3.08. The fraction of sp³-hybridized carbons (Fsp3) is 0.200. The Kier molecular flexibility index (Phi) is 5.14. The summed E-state index contributed by atoms with van der Waals surface area (Å²) in [5, 5.41) is 3.93.